The molecule has 0 bridgehead atoms. The second-order valence-electron chi connectivity index (χ2n) is 3.83. The third-order valence-corrected chi connectivity index (χ3v) is 5.86. The normalized spacial score (nSPS) is 12.5. The van der Waals surface area contributed by atoms with E-state index in [9.17, 15) is 21.6 Å². The second-order valence-corrected chi connectivity index (χ2v) is 8.35. The average molecular weight is 310 g/mol. The number of sulfone groups is 2. The van der Waals surface area contributed by atoms with Crippen LogP contribution in [0.1, 0.15) is 23.9 Å². The number of carboxylic acid groups (broad SMARTS) is 1. The van der Waals surface area contributed by atoms with Crippen LogP contribution in [-0.4, -0.2) is 45.2 Å². The topological polar surface area (TPSA) is 119 Å². The molecule has 0 aliphatic carbocycles. The Hall–Kier alpha value is -1.35. The molecular formula is C10H14O7S2. The zero-order valence-electron chi connectivity index (χ0n) is 10.2. The lowest BCUT2D eigenvalue weighted by Gasteiger charge is -2.01. The lowest BCUT2D eigenvalue weighted by atomic mass is 10.5. The summed E-state index contributed by atoms with van der Waals surface area (Å²) in [6, 6.07) is 2.09. The van der Waals surface area contributed by atoms with Crippen molar-refractivity contribution in [2.45, 2.75) is 18.4 Å². The Labute approximate surface area is 111 Å². The van der Waals surface area contributed by atoms with Gasteiger partial charge in [-0.05, 0) is 18.6 Å². The molecule has 1 aromatic rings. The number of carbonyl (C=O) groups is 1. The maximum Gasteiger partial charge on any atom is 0.371 e. The van der Waals surface area contributed by atoms with Gasteiger partial charge >= 0.3 is 5.97 Å². The van der Waals surface area contributed by atoms with E-state index in [1.807, 2.05) is 0 Å². The van der Waals surface area contributed by atoms with E-state index in [1.54, 1.807) is 0 Å². The number of carboxylic acids is 1. The molecule has 0 fully saturated rings. The monoisotopic (exact) mass is 310 g/mol. The van der Waals surface area contributed by atoms with Crippen LogP contribution >= 0.6 is 0 Å². The second kappa shape index (κ2) is 5.74. The van der Waals surface area contributed by atoms with Crippen molar-refractivity contribution in [2.24, 2.45) is 0 Å². The molecule has 0 amide bonds. The highest BCUT2D eigenvalue weighted by atomic mass is 32.2. The number of hydrogen-bond acceptors (Lipinski definition) is 6. The molecule has 1 aromatic heterocycles. The van der Waals surface area contributed by atoms with Crippen molar-refractivity contribution in [1.29, 1.82) is 0 Å². The Balaban J connectivity index is 2.73. The lowest BCUT2D eigenvalue weighted by Crippen LogP contribution is -2.14. The van der Waals surface area contributed by atoms with Crippen molar-refractivity contribution < 1.29 is 31.2 Å². The summed E-state index contributed by atoms with van der Waals surface area (Å²) in [6.07, 6.45) is -0.0540. The van der Waals surface area contributed by atoms with Gasteiger partial charge in [-0.2, -0.15) is 0 Å². The van der Waals surface area contributed by atoms with Crippen LogP contribution < -0.4 is 0 Å². The zero-order valence-corrected chi connectivity index (χ0v) is 11.8. The summed E-state index contributed by atoms with van der Waals surface area (Å²) < 4.78 is 50.6. The Bertz CT molecular complexity index is 652. The highest BCUT2D eigenvalue weighted by molar-refractivity contribution is 7.92. The Morgan fingerprint density at radius 1 is 1.21 bits per heavy atom. The summed E-state index contributed by atoms with van der Waals surface area (Å²) in [5, 5.41) is 8.15. The molecule has 0 radical (unpaired) electrons. The Kier molecular flexibility index (Phi) is 4.75. The fourth-order valence-corrected chi connectivity index (χ4v) is 3.59. The summed E-state index contributed by atoms with van der Waals surface area (Å²) in [5.41, 5.74) is 0. The Morgan fingerprint density at radius 3 is 2.32 bits per heavy atom. The quantitative estimate of drug-likeness (QED) is 0.782. The first-order valence-corrected chi connectivity index (χ1v) is 8.91. The molecule has 0 unspecified atom stereocenters. The van der Waals surface area contributed by atoms with Crippen LogP contribution in [0.2, 0.25) is 0 Å². The molecule has 108 valence electrons. The van der Waals surface area contributed by atoms with Gasteiger partial charge < -0.3 is 9.52 Å². The standard InChI is InChI=1S/C10H14O7S2/c1-2-18(13,14)6-3-7-19(15,16)9-5-4-8(17-9)10(11)12/h4-5H,2-3,6-7H2,1H3,(H,11,12). The van der Waals surface area contributed by atoms with Crippen LogP contribution in [0.25, 0.3) is 0 Å². The minimum Gasteiger partial charge on any atom is -0.475 e. The largest absolute Gasteiger partial charge is 0.475 e. The first-order valence-electron chi connectivity index (χ1n) is 5.44. The molecule has 0 saturated carbocycles. The van der Waals surface area contributed by atoms with E-state index >= 15 is 0 Å². The van der Waals surface area contributed by atoms with E-state index in [1.165, 1.54) is 6.92 Å². The fraction of sp³-hybridized carbons (Fsp3) is 0.500. The molecule has 1 rings (SSSR count). The van der Waals surface area contributed by atoms with E-state index < -0.39 is 42.2 Å². The third-order valence-electron chi connectivity index (χ3n) is 2.41. The molecular weight excluding hydrogens is 296 g/mol. The molecule has 0 saturated heterocycles. The molecule has 9 heteroatoms. The summed E-state index contributed by atoms with van der Waals surface area (Å²) >= 11 is 0. The predicted molar refractivity (Wildman–Crippen MR) is 66.7 cm³/mol. The van der Waals surface area contributed by atoms with E-state index in [0.29, 0.717) is 0 Å². The lowest BCUT2D eigenvalue weighted by molar-refractivity contribution is 0.0656. The highest BCUT2D eigenvalue weighted by Gasteiger charge is 2.21. The van der Waals surface area contributed by atoms with Gasteiger partial charge in [0, 0.05) is 5.75 Å². The van der Waals surface area contributed by atoms with Gasteiger partial charge in [0.15, 0.2) is 0 Å². The molecule has 1 N–H and O–H groups in total. The summed E-state index contributed by atoms with van der Waals surface area (Å²) in [4.78, 5) is 10.6. The van der Waals surface area contributed by atoms with Crippen LogP contribution in [0.4, 0.5) is 0 Å². The van der Waals surface area contributed by atoms with Crippen LogP contribution in [0, 0.1) is 0 Å². The van der Waals surface area contributed by atoms with Crippen LogP contribution in [0.3, 0.4) is 0 Å². The van der Waals surface area contributed by atoms with E-state index in [4.69, 9.17) is 5.11 Å². The molecule has 0 aromatic carbocycles. The fourth-order valence-electron chi connectivity index (χ4n) is 1.32. The summed E-state index contributed by atoms with van der Waals surface area (Å²) in [7, 11) is -7.02. The summed E-state index contributed by atoms with van der Waals surface area (Å²) in [5.74, 6) is -2.51. The molecule has 0 aliphatic rings. The minimum absolute atomic E-state index is 0.0447. The van der Waals surface area contributed by atoms with Gasteiger partial charge in [0.2, 0.25) is 20.7 Å². The van der Waals surface area contributed by atoms with Crippen molar-refractivity contribution in [3.05, 3.63) is 17.9 Å². The van der Waals surface area contributed by atoms with Crippen LogP contribution in [0.5, 0.6) is 0 Å². The van der Waals surface area contributed by atoms with Crippen LogP contribution in [-0.2, 0) is 19.7 Å². The minimum atomic E-state index is -3.80. The third kappa shape index (κ3) is 4.35. The molecule has 1 heterocycles. The van der Waals surface area contributed by atoms with Crippen LogP contribution in [0.15, 0.2) is 21.6 Å². The number of rotatable bonds is 7. The maximum absolute atomic E-state index is 11.8. The first kappa shape index (κ1) is 15.7. The van der Waals surface area contributed by atoms with Gasteiger partial charge in [0.25, 0.3) is 0 Å². The van der Waals surface area contributed by atoms with Crippen molar-refractivity contribution in [1.82, 2.24) is 0 Å². The molecule has 0 spiro atoms. The van der Waals surface area contributed by atoms with Gasteiger partial charge in [-0.25, -0.2) is 21.6 Å². The molecule has 19 heavy (non-hydrogen) atoms. The zero-order chi connectivity index (χ0) is 14.7. The van der Waals surface area contributed by atoms with Gasteiger partial charge in [-0.15, -0.1) is 0 Å². The SMILES string of the molecule is CCS(=O)(=O)CCCS(=O)(=O)c1ccc(C(=O)O)o1. The van der Waals surface area contributed by atoms with Crippen molar-refractivity contribution in [2.75, 3.05) is 17.3 Å². The van der Waals surface area contributed by atoms with E-state index in [2.05, 4.69) is 4.42 Å². The highest BCUT2D eigenvalue weighted by Crippen LogP contribution is 2.16. The summed E-state index contributed by atoms with van der Waals surface area (Å²) in [6.45, 7) is 1.48. The predicted octanol–water partition coefficient (Wildman–Crippen LogP) is 0.576. The van der Waals surface area contributed by atoms with Crippen molar-refractivity contribution >= 4 is 25.6 Å². The first-order chi connectivity index (χ1) is 8.68. The molecule has 0 atom stereocenters. The smallest absolute Gasteiger partial charge is 0.371 e. The number of furan rings is 1. The number of aromatic carboxylic acids is 1. The van der Waals surface area contributed by atoms with Gasteiger partial charge in [-0.1, -0.05) is 6.92 Å². The molecule has 0 aliphatic heterocycles. The van der Waals surface area contributed by atoms with E-state index in [-0.39, 0.29) is 17.9 Å². The van der Waals surface area contributed by atoms with Crippen molar-refractivity contribution in [3.8, 4) is 0 Å². The average Bonchev–Trinajstić information content (AvgIpc) is 2.78. The van der Waals surface area contributed by atoms with Crippen molar-refractivity contribution in [3.63, 3.8) is 0 Å². The molecule has 7 nitrogen and oxygen atoms in total. The van der Waals surface area contributed by atoms with Gasteiger partial charge in [-0.3, -0.25) is 0 Å². The van der Waals surface area contributed by atoms with Gasteiger partial charge in [0.1, 0.15) is 9.84 Å². The van der Waals surface area contributed by atoms with E-state index in [0.717, 1.165) is 12.1 Å². The van der Waals surface area contributed by atoms with Gasteiger partial charge in [0.05, 0.1) is 11.5 Å². The maximum atomic E-state index is 11.8. The number of hydrogen-bond donors (Lipinski definition) is 1. The Morgan fingerprint density at radius 2 is 1.84 bits per heavy atom.